The van der Waals surface area contributed by atoms with Crippen molar-refractivity contribution in [2.24, 2.45) is 0 Å². The molecule has 1 heterocycles. The highest BCUT2D eigenvalue weighted by atomic mass is 32.2. The van der Waals surface area contributed by atoms with Crippen LogP contribution < -0.4 is 5.32 Å². The van der Waals surface area contributed by atoms with E-state index in [-0.39, 0.29) is 11.1 Å². The molecule has 0 aliphatic rings. The first-order valence-electron chi connectivity index (χ1n) is 6.12. The van der Waals surface area contributed by atoms with Gasteiger partial charge in [0, 0.05) is 14.1 Å². The van der Waals surface area contributed by atoms with Crippen LogP contribution in [0.15, 0.2) is 21.6 Å². The van der Waals surface area contributed by atoms with Gasteiger partial charge >= 0.3 is 0 Å². The Bertz CT molecular complexity index is 540. The molecule has 1 unspecified atom stereocenters. The van der Waals surface area contributed by atoms with Gasteiger partial charge in [-0.15, -0.1) is 6.42 Å². The summed E-state index contributed by atoms with van der Waals surface area (Å²) in [6.07, 6.45) is 7.25. The first-order valence-corrected chi connectivity index (χ1v) is 7.56. The van der Waals surface area contributed by atoms with Crippen molar-refractivity contribution in [3.63, 3.8) is 0 Å². The maximum atomic E-state index is 11.8. The Labute approximate surface area is 115 Å². The van der Waals surface area contributed by atoms with E-state index in [0.29, 0.717) is 12.3 Å². The second-order valence-corrected chi connectivity index (χ2v) is 6.48. The number of rotatable bonds is 7. The van der Waals surface area contributed by atoms with E-state index >= 15 is 0 Å². The van der Waals surface area contributed by atoms with Gasteiger partial charge in [0.25, 0.3) is 10.0 Å². The molecule has 1 aromatic heterocycles. The van der Waals surface area contributed by atoms with Gasteiger partial charge in [0.1, 0.15) is 5.76 Å². The Hall–Kier alpha value is -1.29. The SMILES string of the molecule is C#CC(CCC)NCc1ccc(S(=O)(=O)N(C)C)o1. The normalized spacial score (nSPS) is 13.4. The highest BCUT2D eigenvalue weighted by Crippen LogP contribution is 2.16. The van der Waals surface area contributed by atoms with Crippen molar-refractivity contribution in [1.82, 2.24) is 9.62 Å². The van der Waals surface area contributed by atoms with E-state index in [1.807, 2.05) is 0 Å². The minimum absolute atomic E-state index is 0.0241. The summed E-state index contributed by atoms with van der Waals surface area (Å²) in [6.45, 7) is 2.47. The molecule has 0 spiro atoms. The van der Waals surface area contributed by atoms with Gasteiger partial charge in [-0.25, -0.2) is 12.7 Å². The Morgan fingerprint density at radius 1 is 1.47 bits per heavy atom. The van der Waals surface area contributed by atoms with Crippen LogP contribution in [-0.4, -0.2) is 32.9 Å². The van der Waals surface area contributed by atoms with Crippen molar-refractivity contribution in [1.29, 1.82) is 0 Å². The van der Waals surface area contributed by atoms with E-state index in [9.17, 15) is 8.42 Å². The van der Waals surface area contributed by atoms with Gasteiger partial charge < -0.3 is 4.42 Å². The van der Waals surface area contributed by atoms with Gasteiger partial charge in [-0.3, -0.25) is 5.32 Å². The second kappa shape index (κ2) is 6.75. The van der Waals surface area contributed by atoms with Gasteiger partial charge in [0.2, 0.25) is 5.09 Å². The van der Waals surface area contributed by atoms with Crippen molar-refractivity contribution in [2.75, 3.05) is 14.1 Å². The van der Waals surface area contributed by atoms with Crippen LogP contribution in [0, 0.1) is 12.3 Å². The molecule has 1 rings (SSSR count). The topological polar surface area (TPSA) is 62.6 Å². The van der Waals surface area contributed by atoms with Crippen molar-refractivity contribution in [3.05, 3.63) is 17.9 Å². The average Bonchev–Trinajstić information content (AvgIpc) is 2.83. The number of furan rings is 1. The molecule has 0 amide bonds. The van der Waals surface area contributed by atoms with Crippen LogP contribution in [0.4, 0.5) is 0 Å². The molecule has 1 atom stereocenters. The summed E-state index contributed by atoms with van der Waals surface area (Å²) < 4.78 is 30.1. The van der Waals surface area contributed by atoms with Crippen molar-refractivity contribution >= 4 is 10.0 Å². The van der Waals surface area contributed by atoms with Crippen molar-refractivity contribution in [3.8, 4) is 12.3 Å². The highest BCUT2D eigenvalue weighted by Gasteiger charge is 2.21. The summed E-state index contributed by atoms with van der Waals surface area (Å²) in [7, 11) is -0.584. The van der Waals surface area contributed by atoms with Crippen LogP contribution in [0.3, 0.4) is 0 Å². The number of sulfonamides is 1. The lowest BCUT2D eigenvalue weighted by Crippen LogP contribution is -2.26. The average molecular weight is 284 g/mol. The third-order valence-electron chi connectivity index (χ3n) is 2.67. The summed E-state index contributed by atoms with van der Waals surface area (Å²) in [5.74, 6) is 3.20. The molecule has 1 N–H and O–H groups in total. The molecule has 0 saturated carbocycles. The first kappa shape index (κ1) is 15.8. The third kappa shape index (κ3) is 4.10. The van der Waals surface area contributed by atoms with E-state index < -0.39 is 10.0 Å². The standard InChI is InChI=1S/C13H20N2O3S/c1-5-7-11(6-2)14-10-12-8-9-13(18-12)19(16,17)15(3)4/h2,8-9,11,14H,5,7,10H2,1,3-4H3. The van der Waals surface area contributed by atoms with Gasteiger partial charge in [0.15, 0.2) is 0 Å². The van der Waals surface area contributed by atoms with Crippen molar-refractivity contribution in [2.45, 2.75) is 37.4 Å². The van der Waals surface area contributed by atoms with Crippen molar-refractivity contribution < 1.29 is 12.8 Å². The number of nitrogens with one attached hydrogen (secondary N) is 1. The Morgan fingerprint density at radius 2 is 2.16 bits per heavy atom. The molecule has 6 heteroatoms. The molecule has 0 aliphatic heterocycles. The van der Waals surface area contributed by atoms with Crippen LogP contribution in [0.5, 0.6) is 0 Å². The Kier molecular flexibility index (Phi) is 5.60. The van der Waals surface area contributed by atoms with Gasteiger partial charge in [-0.05, 0) is 18.6 Å². The summed E-state index contributed by atoms with van der Waals surface area (Å²) in [4.78, 5) is 0. The predicted octanol–water partition coefficient (Wildman–Crippen LogP) is 1.42. The third-order valence-corrected chi connectivity index (χ3v) is 4.36. The largest absolute Gasteiger partial charge is 0.447 e. The molecule has 0 aliphatic carbocycles. The Balaban J connectivity index is 2.69. The molecule has 5 nitrogen and oxygen atoms in total. The van der Waals surface area contributed by atoms with E-state index in [1.54, 1.807) is 6.07 Å². The summed E-state index contributed by atoms with van der Waals surface area (Å²) in [5.41, 5.74) is 0. The van der Waals surface area contributed by atoms with Gasteiger partial charge in [-0.1, -0.05) is 19.3 Å². The predicted molar refractivity (Wildman–Crippen MR) is 73.9 cm³/mol. The fourth-order valence-electron chi connectivity index (χ4n) is 1.53. The molecule has 0 aromatic carbocycles. The lowest BCUT2D eigenvalue weighted by Gasteiger charge is -2.10. The van der Waals surface area contributed by atoms with Crippen LogP contribution >= 0.6 is 0 Å². The van der Waals surface area contributed by atoms with E-state index in [2.05, 4.69) is 18.2 Å². The summed E-state index contributed by atoms with van der Waals surface area (Å²) >= 11 is 0. The molecule has 0 saturated heterocycles. The van der Waals surface area contributed by atoms with Gasteiger partial charge in [-0.2, -0.15) is 0 Å². The minimum Gasteiger partial charge on any atom is -0.447 e. The summed E-state index contributed by atoms with van der Waals surface area (Å²) in [6, 6.07) is 3.07. The lowest BCUT2D eigenvalue weighted by atomic mass is 10.2. The zero-order chi connectivity index (χ0) is 14.5. The zero-order valence-electron chi connectivity index (χ0n) is 11.5. The highest BCUT2D eigenvalue weighted by molar-refractivity contribution is 7.88. The number of hydrogen-bond donors (Lipinski definition) is 1. The number of terminal acetylenes is 1. The molecule has 0 bridgehead atoms. The first-order chi connectivity index (χ1) is 8.91. The Morgan fingerprint density at radius 3 is 2.68 bits per heavy atom. The van der Waals surface area contributed by atoms with Crippen LogP contribution in [0.2, 0.25) is 0 Å². The summed E-state index contributed by atoms with van der Waals surface area (Å²) in [5, 5.41) is 3.09. The molecule has 1 aromatic rings. The van der Waals surface area contributed by atoms with E-state index in [1.165, 1.54) is 20.2 Å². The molecular formula is C13H20N2O3S. The minimum atomic E-state index is -3.51. The molecule has 19 heavy (non-hydrogen) atoms. The second-order valence-electron chi connectivity index (χ2n) is 4.40. The maximum Gasteiger partial charge on any atom is 0.275 e. The smallest absolute Gasteiger partial charge is 0.275 e. The lowest BCUT2D eigenvalue weighted by molar-refractivity contribution is 0.383. The molecule has 0 fully saturated rings. The van der Waals surface area contributed by atoms with Crippen LogP contribution in [0.25, 0.3) is 0 Å². The molecule has 0 radical (unpaired) electrons. The quantitative estimate of drug-likeness (QED) is 0.769. The maximum absolute atomic E-state index is 11.8. The van der Waals surface area contributed by atoms with E-state index in [0.717, 1.165) is 17.1 Å². The number of nitrogens with zero attached hydrogens (tertiary/aromatic N) is 1. The number of hydrogen-bond acceptors (Lipinski definition) is 4. The monoisotopic (exact) mass is 284 g/mol. The van der Waals surface area contributed by atoms with E-state index in [4.69, 9.17) is 10.8 Å². The molecule has 106 valence electrons. The molecular weight excluding hydrogens is 264 g/mol. The fourth-order valence-corrected chi connectivity index (χ4v) is 2.34. The zero-order valence-corrected chi connectivity index (χ0v) is 12.3. The van der Waals surface area contributed by atoms with Crippen LogP contribution in [-0.2, 0) is 16.6 Å². The van der Waals surface area contributed by atoms with Gasteiger partial charge in [0.05, 0.1) is 12.6 Å². The fraction of sp³-hybridized carbons (Fsp3) is 0.538. The van der Waals surface area contributed by atoms with Crippen LogP contribution in [0.1, 0.15) is 25.5 Å².